The number of para-hydroxylation sites is 2. The van der Waals surface area contributed by atoms with Gasteiger partial charge in [0.05, 0.1) is 21.5 Å². The molecule has 0 N–H and O–H groups in total. The van der Waals surface area contributed by atoms with Crippen molar-refractivity contribution in [1.82, 2.24) is 0 Å². The maximum Gasteiger partial charge on any atom is 1.00 e. The Balaban J connectivity index is 0.00000253. The van der Waals surface area contributed by atoms with Crippen LogP contribution in [0.3, 0.4) is 0 Å². The van der Waals surface area contributed by atoms with Crippen LogP contribution in [0.15, 0.2) is 59.9 Å². The summed E-state index contributed by atoms with van der Waals surface area (Å²) in [5.74, 6) is -4.03. The molecule has 2 heterocycles. The van der Waals surface area contributed by atoms with Gasteiger partial charge >= 0.3 is 59.1 Å². The van der Waals surface area contributed by atoms with Gasteiger partial charge in [-0.2, -0.15) is 4.33 Å². The zero-order valence-corrected chi connectivity index (χ0v) is 25.9. The monoisotopic (exact) mass is 578 g/mol. The van der Waals surface area contributed by atoms with Crippen LogP contribution in [0.2, 0.25) is 0 Å². The molecule has 4 rings (SSSR count). The van der Waals surface area contributed by atoms with Crippen molar-refractivity contribution in [2.24, 2.45) is 0 Å². The summed E-state index contributed by atoms with van der Waals surface area (Å²) >= 11 is 0.559. The molecule has 0 bridgehead atoms. The van der Waals surface area contributed by atoms with Crippen molar-refractivity contribution in [2.75, 3.05) is 21.3 Å². The van der Waals surface area contributed by atoms with Crippen molar-refractivity contribution in [3.63, 3.8) is 0 Å². The van der Waals surface area contributed by atoms with E-state index in [0.717, 1.165) is 9.80 Å². The molecule has 0 spiro atoms. The maximum absolute atomic E-state index is 13.5. The second-order valence-corrected chi connectivity index (χ2v) is 9.87. The molecule has 16 heteroatoms. The number of carbonyl (C=O) groups excluding carboxylic acids is 4. The number of carbonyl (C=O) groups is 4. The molecule has 2 aliphatic heterocycles. The second-order valence-electron chi connectivity index (χ2n) is 7.57. The van der Waals surface area contributed by atoms with Crippen molar-refractivity contribution in [3.8, 4) is 0 Å². The minimum absolute atomic E-state index is 0. The minimum Gasteiger partial charge on any atom is -0.748 e. The van der Waals surface area contributed by atoms with E-state index in [1.807, 2.05) is 0 Å². The van der Waals surface area contributed by atoms with E-state index >= 15 is 0 Å². The first-order chi connectivity index (χ1) is 17.2. The molecule has 2 amide bonds. The van der Waals surface area contributed by atoms with E-state index < -0.39 is 51.4 Å². The third-order valence-electron chi connectivity index (χ3n) is 5.42. The Hall–Kier alpha value is -1.40. The number of allylic oxidation sites excluding steroid dienone is 2. The summed E-state index contributed by atoms with van der Waals surface area (Å²) in [7, 11) is -4.75. The van der Waals surface area contributed by atoms with Gasteiger partial charge in [-0.25, -0.2) is 8.42 Å². The number of hydrogen-bond acceptors (Lipinski definition) is 11. The van der Waals surface area contributed by atoms with E-state index in [0.29, 0.717) is 12.0 Å². The summed E-state index contributed by atoms with van der Waals surface area (Å²) in [6, 6.07) is 12.0. The zero-order valence-electron chi connectivity index (χ0n) is 20.2. The van der Waals surface area contributed by atoms with Crippen LogP contribution in [0.5, 0.6) is 0 Å². The topological polar surface area (TPSA) is 173 Å². The summed E-state index contributed by atoms with van der Waals surface area (Å²) in [6.45, 7) is 0. The van der Waals surface area contributed by atoms with E-state index in [1.54, 1.807) is 18.2 Å². The summed E-state index contributed by atoms with van der Waals surface area (Å²) in [4.78, 5) is 55.2. The standard InChI is InChI=1S/C22H18N2O10S2.2Na/c25-17(9-11-35-34-33-29)23-15-7-3-1-5-13(15)21(27)19(23)20-22(28)14-6-2-4-8-16(14)24(20)18(26)10-12-36(30,31)32;;/h1-8,29H,9-12H2,(H,30,31,32);;/q;2*+1/p-2/b20-19+;;. The molecular weight excluding hydrogens is 562 g/mol. The van der Waals surface area contributed by atoms with Crippen LogP contribution >= 0.6 is 12.0 Å². The molecule has 0 saturated heterocycles. The molecule has 0 aliphatic carbocycles. The Bertz CT molecular complexity index is 1410. The van der Waals surface area contributed by atoms with E-state index in [2.05, 4.69) is 9.37 Å². The van der Waals surface area contributed by atoms with Crippen LogP contribution in [0.4, 0.5) is 11.4 Å². The fraction of sp³-hybridized carbons (Fsp3) is 0.182. The van der Waals surface area contributed by atoms with Gasteiger partial charge in [0.15, 0.2) is 0 Å². The largest absolute Gasteiger partial charge is 1.00 e. The first-order valence-electron chi connectivity index (χ1n) is 10.3. The Morgan fingerprint density at radius 1 is 0.816 bits per heavy atom. The van der Waals surface area contributed by atoms with E-state index in [-0.39, 0.29) is 99.5 Å². The molecule has 2 aromatic rings. The fourth-order valence-corrected chi connectivity index (χ4v) is 4.77. The average Bonchev–Trinajstić information content (AvgIpc) is 3.31. The van der Waals surface area contributed by atoms with Gasteiger partial charge in [-0.3, -0.25) is 34.0 Å². The molecule has 0 aromatic heterocycles. The molecule has 38 heavy (non-hydrogen) atoms. The SMILES string of the molecule is O=C1/C(=C2/C(=O)c3ccccc3N2C(=O)CCS(=O)(=O)[O-])N(C(=O)CCSOO[O-])c2ccccc21.[Na+].[Na+]. The maximum atomic E-state index is 13.5. The molecule has 0 radical (unpaired) electrons. The molecule has 2 aliphatic rings. The number of nitrogens with zero attached hydrogens (tertiary/aromatic N) is 2. The van der Waals surface area contributed by atoms with Gasteiger partial charge in [-0.15, -0.1) is 0 Å². The third-order valence-corrected chi connectivity index (χ3v) is 6.65. The number of ketones is 2. The average molecular weight is 578 g/mol. The van der Waals surface area contributed by atoms with Gasteiger partial charge in [0.25, 0.3) is 0 Å². The Kier molecular flexibility index (Phi) is 11.9. The zero-order chi connectivity index (χ0) is 26.0. The summed E-state index contributed by atoms with van der Waals surface area (Å²) in [5.41, 5.74) is -0.368. The van der Waals surface area contributed by atoms with Gasteiger partial charge < -0.3 is 9.81 Å². The molecule has 0 saturated carbocycles. The molecule has 0 atom stereocenters. The van der Waals surface area contributed by atoms with Gasteiger partial charge in [0.1, 0.15) is 11.4 Å². The summed E-state index contributed by atoms with van der Waals surface area (Å²) in [5, 5.41) is 13.2. The number of amides is 2. The van der Waals surface area contributed by atoms with E-state index in [4.69, 9.17) is 0 Å². The quantitative estimate of drug-likeness (QED) is 0.0558. The van der Waals surface area contributed by atoms with Crippen molar-refractivity contribution in [3.05, 3.63) is 71.1 Å². The summed E-state index contributed by atoms with van der Waals surface area (Å²) < 4.78 is 37.6. The van der Waals surface area contributed by atoms with Crippen LogP contribution in [-0.2, 0) is 29.1 Å². The second kappa shape index (κ2) is 13.8. The fourth-order valence-electron chi connectivity index (χ4n) is 3.98. The summed E-state index contributed by atoms with van der Waals surface area (Å²) in [6.07, 6.45) is -0.988. The predicted octanol–water partition coefficient (Wildman–Crippen LogP) is -5.14. The Morgan fingerprint density at radius 2 is 1.26 bits per heavy atom. The molecule has 12 nitrogen and oxygen atoms in total. The Morgan fingerprint density at radius 3 is 1.71 bits per heavy atom. The molecule has 0 fully saturated rings. The minimum atomic E-state index is -4.75. The van der Waals surface area contributed by atoms with Crippen molar-refractivity contribution in [2.45, 2.75) is 12.8 Å². The number of anilines is 2. The third kappa shape index (κ3) is 6.66. The van der Waals surface area contributed by atoms with Crippen molar-refractivity contribution >= 4 is 56.9 Å². The van der Waals surface area contributed by atoms with Crippen LogP contribution < -0.4 is 74.2 Å². The van der Waals surface area contributed by atoms with Crippen LogP contribution in [-0.4, -0.2) is 47.9 Å². The molecular formula is C22H16N2Na2O10S2. The number of rotatable bonds is 8. The number of Topliss-reactive ketones (excluding diaryl/α,β-unsaturated/α-hetero) is 2. The van der Waals surface area contributed by atoms with Gasteiger partial charge in [-0.1, -0.05) is 24.3 Å². The van der Waals surface area contributed by atoms with E-state index in [1.165, 1.54) is 30.3 Å². The van der Waals surface area contributed by atoms with Crippen LogP contribution in [0, 0.1) is 0 Å². The molecule has 0 unspecified atom stereocenters. The van der Waals surface area contributed by atoms with E-state index in [9.17, 15) is 37.4 Å². The normalized spacial score (nSPS) is 16.1. The van der Waals surface area contributed by atoms with Gasteiger partial charge in [0.2, 0.25) is 23.4 Å². The number of benzene rings is 2. The first kappa shape index (κ1) is 32.8. The van der Waals surface area contributed by atoms with Gasteiger partial charge in [0, 0.05) is 47.5 Å². The predicted molar refractivity (Wildman–Crippen MR) is 122 cm³/mol. The number of hydrogen-bond donors (Lipinski definition) is 0. The first-order valence-corrected chi connectivity index (χ1v) is 12.8. The molecule has 2 aromatic carbocycles. The van der Waals surface area contributed by atoms with Crippen LogP contribution in [0.25, 0.3) is 0 Å². The van der Waals surface area contributed by atoms with Crippen molar-refractivity contribution in [1.29, 1.82) is 0 Å². The van der Waals surface area contributed by atoms with Crippen molar-refractivity contribution < 1.29 is 106 Å². The Labute approximate surface area is 265 Å². The van der Waals surface area contributed by atoms with Gasteiger partial charge in [-0.05, 0) is 24.3 Å². The van der Waals surface area contributed by atoms with Crippen LogP contribution in [0.1, 0.15) is 33.6 Å². The number of fused-ring (bicyclic) bond motifs is 2. The smallest absolute Gasteiger partial charge is 0.748 e. The molecule has 188 valence electrons.